The van der Waals surface area contributed by atoms with Crippen LogP contribution in [-0.4, -0.2) is 34.6 Å². The molecule has 2 aliphatic rings. The third-order valence-corrected chi connectivity index (χ3v) is 11.1. The van der Waals surface area contributed by atoms with Gasteiger partial charge in [0.05, 0.1) is 55.5 Å². The molecule has 6 heterocycles. The second-order valence-electron chi connectivity index (χ2n) is 13.8. The zero-order valence-corrected chi connectivity index (χ0v) is 28.0. The zero-order chi connectivity index (χ0) is 34.4. The van der Waals surface area contributed by atoms with E-state index in [4.69, 9.17) is 19.4 Å². The summed E-state index contributed by atoms with van der Waals surface area (Å²) >= 11 is 0. The minimum absolute atomic E-state index is 0.0101. The summed E-state index contributed by atoms with van der Waals surface area (Å²) in [4.78, 5) is 10.5. The maximum absolute atomic E-state index is 6.77. The van der Waals surface area contributed by atoms with Crippen LogP contribution in [0.4, 0.5) is 0 Å². The number of ether oxygens (including phenoxy) is 2. The lowest BCUT2D eigenvalue weighted by Gasteiger charge is -2.33. The van der Waals surface area contributed by atoms with E-state index in [0.717, 1.165) is 106 Å². The maximum atomic E-state index is 6.77. The molecule has 9 heteroatoms. The summed E-state index contributed by atoms with van der Waals surface area (Å²) in [6.45, 7) is -0.0101. The van der Waals surface area contributed by atoms with Crippen LogP contribution in [0.15, 0.2) is 152 Å². The van der Waals surface area contributed by atoms with E-state index < -0.39 is 0 Å². The first-order valence-corrected chi connectivity index (χ1v) is 17.8. The Morgan fingerprint density at radius 3 is 1.60 bits per heavy atom. The van der Waals surface area contributed by atoms with E-state index >= 15 is 0 Å². The molecule has 13 rings (SSSR count). The first-order chi connectivity index (χ1) is 26.3. The molecular weight excluding hydrogens is 655 g/mol. The SMILES string of the molecule is c1ccc2c(c1)Oc1cc(-n3c4c(-n5c6ccccc6n6c7ccccc7nc56)cccc4n4c5ccccc5nc34)cc3c1B2c1ccccc1O3. The fourth-order valence-corrected chi connectivity index (χ4v) is 8.95. The third-order valence-electron chi connectivity index (χ3n) is 11.1. The molecule has 0 unspecified atom stereocenters. The van der Waals surface area contributed by atoms with E-state index in [2.05, 4.69) is 145 Å². The number of hydrogen-bond donors (Lipinski definition) is 0. The van der Waals surface area contributed by atoms with Gasteiger partial charge in [0.25, 0.3) is 6.71 Å². The molecule has 0 amide bonds. The van der Waals surface area contributed by atoms with Gasteiger partial charge >= 0.3 is 0 Å². The summed E-state index contributed by atoms with van der Waals surface area (Å²) in [6.07, 6.45) is 0. The van der Waals surface area contributed by atoms with Crippen molar-refractivity contribution >= 4 is 78.8 Å². The quantitative estimate of drug-likeness (QED) is 0.174. The minimum Gasteiger partial charge on any atom is -0.458 e. The summed E-state index contributed by atoms with van der Waals surface area (Å²) in [6, 6.07) is 52.6. The Kier molecular flexibility index (Phi) is 5.05. The third kappa shape index (κ3) is 3.46. The molecule has 2 aliphatic heterocycles. The van der Waals surface area contributed by atoms with Crippen LogP contribution >= 0.6 is 0 Å². The van der Waals surface area contributed by atoms with Crippen molar-refractivity contribution in [3.8, 4) is 34.4 Å². The van der Waals surface area contributed by atoms with Crippen molar-refractivity contribution in [3.05, 3.63) is 152 Å². The number of para-hydroxylation sites is 9. The molecule has 0 spiro atoms. The Morgan fingerprint density at radius 2 is 0.943 bits per heavy atom. The van der Waals surface area contributed by atoms with Gasteiger partial charge in [-0.05, 0) is 71.6 Å². The zero-order valence-electron chi connectivity index (χ0n) is 28.0. The monoisotopic (exact) mass is 680 g/mol. The predicted molar refractivity (Wildman–Crippen MR) is 210 cm³/mol. The molecule has 0 atom stereocenters. The second-order valence-corrected chi connectivity index (χ2v) is 13.8. The molecule has 0 saturated carbocycles. The van der Waals surface area contributed by atoms with Crippen LogP contribution in [0.2, 0.25) is 0 Å². The van der Waals surface area contributed by atoms with Crippen LogP contribution < -0.4 is 25.9 Å². The summed E-state index contributed by atoms with van der Waals surface area (Å²) in [5, 5.41) is 0. The van der Waals surface area contributed by atoms with Crippen LogP contribution in [0.1, 0.15) is 0 Å². The first-order valence-electron chi connectivity index (χ1n) is 17.8. The molecule has 0 radical (unpaired) electrons. The Labute approximate surface area is 301 Å². The molecule has 0 fully saturated rings. The highest BCUT2D eigenvalue weighted by atomic mass is 16.5. The topological polar surface area (TPSA) is 62.9 Å². The molecule has 11 aromatic rings. The molecule has 4 aromatic heterocycles. The lowest BCUT2D eigenvalue weighted by Crippen LogP contribution is -2.57. The van der Waals surface area contributed by atoms with Gasteiger partial charge in [-0.15, -0.1) is 0 Å². The fourth-order valence-electron chi connectivity index (χ4n) is 8.95. The average molecular weight is 681 g/mol. The summed E-state index contributed by atoms with van der Waals surface area (Å²) in [5.74, 6) is 4.90. The number of imidazole rings is 4. The molecule has 246 valence electrons. The molecule has 53 heavy (non-hydrogen) atoms. The van der Waals surface area contributed by atoms with Gasteiger partial charge in [0.2, 0.25) is 11.6 Å². The van der Waals surface area contributed by atoms with Crippen molar-refractivity contribution < 1.29 is 9.47 Å². The van der Waals surface area contributed by atoms with Gasteiger partial charge in [-0.25, -0.2) is 9.97 Å². The van der Waals surface area contributed by atoms with Gasteiger partial charge in [-0.1, -0.05) is 78.9 Å². The van der Waals surface area contributed by atoms with Crippen LogP contribution in [0, 0.1) is 0 Å². The van der Waals surface area contributed by atoms with Crippen molar-refractivity contribution in [1.29, 1.82) is 0 Å². The molecule has 8 nitrogen and oxygen atoms in total. The van der Waals surface area contributed by atoms with Gasteiger partial charge in [0.15, 0.2) is 0 Å². The normalized spacial score (nSPS) is 13.2. The Hall–Kier alpha value is -7.26. The molecule has 0 N–H and O–H groups in total. The summed E-state index contributed by atoms with van der Waals surface area (Å²) in [5.41, 5.74) is 13.3. The van der Waals surface area contributed by atoms with Crippen LogP contribution in [0.25, 0.3) is 67.1 Å². The highest BCUT2D eigenvalue weighted by Crippen LogP contribution is 2.41. The van der Waals surface area contributed by atoms with E-state index in [0.29, 0.717) is 0 Å². The van der Waals surface area contributed by atoms with Crippen LogP contribution in [-0.2, 0) is 0 Å². The van der Waals surface area contributed by atoms with Gasteiger partial charge in [0.1, 0.15) is 23.0 Å². The highest BCUT2D eigenvalue weighted by Gasteiger charge is 2.40. The van der Waals surface area contributed by atoms with Gasteiger partial charge in [0, 0.05) is 17.6 Å². The first kappa shape index (κ1) is 27.5. The minimum atomic E-state index is -0.0101. The van der Waals surface area contributed by atoms with E-state index in [1.165, 1.54) is 0 Å². The lowest BCUT2D eigenvalue weighted by atomic mass is 9.35. The Bertz CT molecular complexity index is 3320. The number of hydrogen-bond acceptors (Lipinski definition) is 4. The van der Waals surface area contributed by atoms with Crippen molar-refractivity contribution in [1.82, 2.24) is 27.9 Å². The van der Waals surface area contributed by atoms with Crippen molar-refractivity contribution in [2.24, 2.45) is 0 Å². The molecule has 0 aliphatic carbocycles. The standard InChI is InChI=1S/C44H25BN6O2/c1-9-22-37-27(12-1)45-28-13-2-10-23-38(28)53-40-25-26(24-39(52-37)41(40)45)48-42-35(50-32-17-6-4-15-30(32)46-43(48)50)20-11-21-36(42)51-34-19-8-7-18-33(34)49-31-16-5-3-14-29(31)47-44(49)51/h1-25H. The number of nitrogens with zero attached hydrogens (tertiary/aromatic N) is 6. The lowest BCUT2D eigenvalue weighted by molar-refractivity contribution is 0.464. The summed E-state index contributed by atoms with van der Waals surface area (Å²) < 4.78 is 22.6. The average Bonchev–Trinajstić information content (AvgIpc) is 3.94. The van der Waals surface area contributed by atoms with E-state index in [-0.39, 0.29) is 6.71 Å². The Morgan fingerprint density at radius 1 is 0.434 bits per heavy atom. The number of fused-ring (bicyclic) bond motifs is 14. The molecule has 7 aromatic carbocycles. The van der Waals surface area contributed by atoms with Gasteiger partial charge in [-0.2, -0.15) is 0 Å². The molecule has 0 saturated heterocycles. The van der Waals surface area contributed by atoms with Crippen molar-refractivity contribution in [2.75, 3.05) is 0 Å². The van der Waals surface area contributed by atoms with Crippen molar-refractivity contribution in [3.63, 3.8) is 0 Å². The number of rotatable bonds is 2. The summed E-state index contributed by atoms with van der Waals surface area (Å²) in [7, 11) is 0. The Balaban J connectivity index is 1.17. The largest absolute Gasteiger partial charge is 0.458 e. The second kappa shape index (κ2) is 9.74. The molecular formula is C44H25BN6O2. The van der Waals surface area contributed by atoms with Crippen molar-refractivity contribution in [2.45, 2.75) is 0 Å². The highest BCUT2D eigenvalue weighted by molar-refractivity contribution is 6.98. The predicted octanol–water partition coefficient (Wildman–Crippen LogP) is 7.90. The van der Waals surface area contributed by atoms with Crippen LogP contribution in [0.5, 0.6) is 23.0 Å². The van der Waals surface area contributed by atoms with E-state index in [1.807, 2.05) is 24.3 Å². The number of aromatic nitrogens is 6. The van der Waals surface area contributed by atoms with E-state index in [1.54, 1.807) is 0 Å². The smallest absolute Gasteiger partial charge is 0.260 e. The van der Waals surface area contributed by atoms with Gasteiger partial charge in [-0.3, -0.25) is 17.9 Å². The van der Waals surface area contributed by atoms with Crippen LogP contribution in [0.3, 0.4) is 0 Å². The molecule has 0 bridgehead atoms. The maximum Gasteiger partial charge on any atom is 0.260 e. The number of benzene rings is 7. The van der Waals surface area contributed by atoms with Gasteiger partial charge < -0.3 is 9.47 Å². The fraction of sp³-hybridized carbons (Fsp3) is 0. The van der Waals surface area contributed by atoms with E-state index in [9.17, 15) is 0 Å².